The molecular weight excluding hydrogens is 202 g/mol. The third-order valence-electron chi connectivity index (χ3n) is 2.20. The molecule has 3 nitrogen and oxygen atoms in total. The lowest BCUT2D eigenvalue weighted by molar-refractivity contribution is 0.139. The normalized spacial score (nSPS) is 10.2. The lowest BCUT2D eigenvalue weighted by atomic mass is 10.1. The van der Waals surface area contributed by atoms with Crippen molar-refractivity contribution >= 4 is 6.09 Å². The van der Waals surface area contributed by atoms with Crippen LogP contribution in [-0.2, 0) is 11.3 Å². The molecule has 0 aliphatic carbocycles. The van der Waals surface area contributed by atoms with E-state index in [-0.39, 0.29) is 6.09 Å². The van der Waals surface area contributed by atoms with E-state index in [0.29, 0.717) is 19.1 Å². The first-order valence-corrected chi connectivity index (χ1v) is 5.63. The molecule has 1 amide bonds. The van der Waals surface area contributed by atoms with Gasteiger partial charge in [-0.05, 0) is 17.9 Å². The lowest BCUT2D eigenvalue weighted by Crippen LogP contribution is -2.25. The fourth-order valence-electron chi connectivity index (χ4n) is 1.24. The van der Waals surface area contributed by atoms with E-state index in [1.165, 1.54) is 0 Å². The Bertz CT molecular complexity index is 309. The zero-order chi connectivity index (χ0) is 11.8. The van der Waals surface area contributed by atoms with Crippen molar-refractivity contribution in [3.8, 4) is 0 Å². The van der Waals surface area contributed by atoms with Crippen molar-refractivity contribution in [2.75, 3.05) is 6.54 Å². The number of alkyl carbamates (subject to hydrolysis) is 1. The average molecular weight is 221 g/mol. The molecule has 1 aromatic rings. The van der Waals surface area contributed by atoms with E-state index in [4.69, 9.17) is 4.74 Å². The Balaban J connectivity index is 2.16. The van der Waals surface area contributed by atoms with Crippen LogP contribution >= 0.6 is 0 Å². The summed E-state index contributed by atoms with van der Waals surface area (Å²) in [7, 11) is 0. The molecule has 0 aromatic heterocycles. The van der Waals surface area contributed by atoms with E-state index in [1.54, 1.807) is 0 Å². The van der Waals surface area contributed by atoms with Crippen LogP contribution in [0.4, 0.5) is 4.79 Å². The van der Waals surface area contributed by atoms with Crippen LogP contribution in [0.25, 0.3) is 0 Å². The monoisotopic (exact) mass is 221 g/mol. The summed E-state index contributed by atoms with van der Waals surface area (Å²) in [5.74, 6) is 0.592. The van der Waals surface area contributed by atoms with Gasteiger partial charge >= 0.3 is 6.09 Å². The molecule has 0 spiro atoms. The predicted octanol–water partition coefficient (Wildman–Crippen LogP) is 2.96. The van der Waals surface area contributed by atoms with Gasteiger partial charge in [0.2, 0.25) is 0 Å². The second kappa shape index (κ2) is 6.88. The molecule has 1 rings (SSSR count). The Kier molecular flexibility index (Phi) is 5.40. The summed E-state index contributed by atoms with van der Waals surface area (Å²) in [5, 5.41) is 2.72. The lowest BCUT2D eigenvalue weighted by Gasteiger charge is -2.08. The van der Waals surface area contributed by atoms with Crippen LogP contribution in [0.15, 0.2) is 30.3 Å². The molecule has 1 aromatic carbocycles. The Morgan fingerprint density at radius 3 is 2.62 bits per heavy atom. The van der Waals surface area contributed by atoms with Gasteiger partial charge in [-0.15, -0.1) is 0 Å². The SMILES string of the molecule is CC(C)CCNC(=O)OCc1ccccc1. The topological polar surface area (TPSA) is 38.3 Å². The Morgan fingerprint density at radius 1 is 1.31 bits per heavy atom. The smallest absolute Gasteiger partial charge is 0.407 e. The highest BCUT2D eigenvalue weighted by Gasteiger charge is 2.02. The minimum Gasteiger partial charge on any atom is -0.445 e. The molecule has 0 saturated heterocycles. The molecule has 16 heavy (non-hydrogen) atoms. The van der Waals surface area contributed by atoms with Crippen molar-refractivity contribution in [3.05, 3.63) is 35.9 Å². The molecule has 88 valence electrons. The summed E-state index contributed by atoms with van der Waals surface area (Å²) in [4.78, 5) is 11.3. The molecule has 0 atom stereocenters. The fourth-order valence-corrected chi connectivity index (χ4v) is 1.24. The summed E-state index contributed by atoms with van der Waals surface area (Å²) < 4.78 is 5.06. The van der Waals surface area contributed by atoms with Gasteiger partial charge in [-0.2, -0.15) is 0 Å². The maximum absolute atomic E-state index is 11.3. The molecule has 0 fully saturated rings. The zero-order valence-corrected chi connectivity index (χ0v) is 9.90. The summed E-state index contributed by atoms with van der Waals surface area (Å²) in [6.07, 6.45) is 0.630. The van der Waals surface area contributed by atoms with E-state index >= 15 is 0 Å². The largest absolute Gasteiger partial charge is 0.445 e. The highest BCUT2D eigenvalue weighted by molar-refractivity contribution is 5.67. The number of nitrogens with one attached hydrogen (secondary N) is 1. The van der Waals surface area contributed by atoms with E-state index in [1.807, 2.05) is 30.3 Å². The van der Waals surface area contributed by atoms with Gasteiger partial charge in [0.15, 0.2) is 0 Å². The van der Waals surface area contributed by atoms with Crippen LogP contribution in [0.1, 0.15) is 25.8 Å². The second-order valence-electron chi connectivity index (χ2n) is 4.17. The predicted molar refractivity (Wildman–Crippen MR) is 64.1 cm³/mol. The third-order valence-corrected chi connectivity index (χ3v) is 2.20. The summed E-state index contributed by atoms with van der Waals surface area (Å²) in [6, 6.07) is 9.65. The van der Waals surface area contributed by atoms with Gasteiger partial charge in [-0.3, -0.25) is 0 Å². The van der Waals surface area contributed by atoms with Gasteiger partial charge in [-0.25, -0.2) is 4.79 Å². The standard InChI is InChI=1S/C13H19NO2/c1-11(2)8-9-14-13(15)16-10-12-6-4-3-5-7-12/h3-7,11H,8-10H2,1-2H3,(H,14,15). The maximum Gasteiger partial charge on any atom is 0.407 e. The number of rotatable bonds is 5. The van der Waals surface area contributed by atoms with Gasteiger partial charge in [0.1, 0.15) is 6.61 Å². The van der Waals surface area contributed by atoms with Crippen LogP contribution in [0.3, 0.4) is 0 Å². The van der Waals surface area contributed by atoms with Crippen LogP contribution < -0.4 is 5.32 Å². The van der Waals surface area contributed by atoms with Gasteiger partial charge in [-0.1, -0.05) is 44.2 Å². The van der Waals surface area contributed by atoms with Gasteiger partial charge in [0.25, 0.3) is 0 Å². The number of carbonyl (C=O) groups is 1. The molecule has 0 saturated carbocycles. The molecule has 0 radical (unpaired) electrons. The molecule has 0 bridgehead atoms. The van der Waals surface area contributed by atoms with E-state index in [9.17, 15) is 4.79 Å². The molecule has 0 unspecified atom stereocenters. The quantitative estimate of drug-likeness (QED) is 0.830. The molecule has 0 heterocycles. The van der Waals surface area contributed by atoms with Crippen molar-refractivity contribution in [2.45, 2.75) is 26.9 Å². The van der Waals surface area contributed by atoms with Gasteiger partial charge in [0.05, 0.1) is 0 Å². The minimum atomic E-state index is -0.343. The van der Waals surface area contributed by atoms with E-state index < -0.39 is 0 Å². The average Bonchev–Trinajstić information content (AvgIpc) is 2.27. The first-order valence-electron chi connectivity index (χ1n) is 5.63. The molecule has 3 heteroatoms. The Hall–Kier alpha value is -1.51. The van der Waals surface area contributed by atoms with Crippen LogP contribution in [0.2, 0.25) is 0 Å². The number of amides is 1. The van der Waals surface area contributed by atoms with E-state index in [0.717, 1.165) is 12.0 Å². The van der Waals surface area contributed by atoms with Gasteiger partial charge in [0, 0.05) is 6.54 Å². The Labute approximate surface area is 96.8 Å². The third kappa shape index (κ3) is 5.39. The summed E-state index contributed by atoms with van der Waals surface area (Å²) in [6.45, 7) is 5.24. The molecule has 0 aliphatic heterocycles. The number of hydrogen-bond acceptors (Lipinski definition) is 2. The number of benzene rings is 1. The highest BCUT2D eigenvalue weighted by atomic mass is 16.5. The second-order valence-corrected chi connectivity index (χ2v) is 4.17. The maximum atomic E-state index is 11.3. The van der Waals surface area contributed by atoms with Gasteiger partial charge < -0.3 is 10.1 Å². The zero-order valence-electron chi connectivity index (χ0n) is 9.90. The Morgan fingerprint density at radius 2 is 2.00 bits per heavy atom. The minimum absolute atomic E-state index is 0.328. The first kappa shape index (κ1) is 12.6. The van der Waals surface area contributed by atoms with Crippen molar-refractivity contribution < 1.29 is 9.53 Å². The van der Waals surface area contributed by atoms with Crippen molar-refractivity contribution in [1.29, 1.82) is 0 Å². The number of ether oxygens (including phenoxy) is 1. The molecule has 0 aliphatic rings. The number of carbonyl (C=O) groups excluding carboxylic acids is 1. The fraction of sp³-hybridized carbons (Fsp3) is 0.462. The molecule has 1 N–H and O–H groups in total. The highest BCUT2D eigenvalue weighted by Crippen LogP contribution is 2.01. The van der Waals surface area contributed by atoms with Crippen LogP contribution in [0.5, 0.6) is 0 Å². The molecular formula is C13H19NO2. The van der Waals surface area contributed by atoms with Crippen molar-refractivity contribution in [1.82, 2.24) is 5.32 Å². The van der Waals surface area contributed by atoms with Crippen molar-refractivity contribution in [3.63, 3.8) is 0 Å². The summed E-state index contributed by atoms with van der Waals surface area (Å²) >= 11 is 0. The van der Waals surface area contributed by atoms with Crippen LogP contribution in [0, 0.1) is 5.92 Å². The van der Waals surface area contributed by atoms with Crippen molar-refractivity contribution in [2.24, 2.45) is 5.92 Å². The van der Waals surface area contributed by atoms with E-state index in [2.05, 4.69) is 19.2 Å². The summed E-state index contributed by atoms with van der Waals surface area (Å²) in [5.41, 5.74) is 1.00. The van der Waals surface area contributed by atoms with Crippen LogP contribution in [-0.4, -0.2) is 12.6 Å². The number of hydrogen-bond donors (Lipinski definition) is 1. The first-order chi connectivity index (χ1) is 7.68.